The maximum atomic E-state index is 5.52. The lowest BCUT2D eigenvalue weighted by Gasteiger charge is -2.17. The number of hydrogen-bond acceptors (Lipinski definition) is 5. The summed E-state index contributed by atoms with van der Waals surface area (Å²) < 4.78 is 0. The van der Waals surface area contributed by atoms with Crippen molar-refractivity contribution in [2.75, 3.05) is 17.3 Å². The van der Waals surface area contributed by atoms with Crippen LogP contribution < -0.4 is 16.6 Å². The molecule has 0 aliphatic heterocycles. The molecular formula is C14H27N5. The SMILES string of the molecule is CCCc1nc(NN)c(C)c(NCC(CC)CC)n1. The molecule has 0 fully saturated rings. The Kier molecular flexibility index (Phi) is 6.56. The summed E-state index contributed by atoms with van der Waals surface area (Å²) in [6, 6.07) is 0. The first-order valence-corrected chi connectivity index (χ1v) is 7.24. The minimum absolute atomic E-state index is 0.679. The van der Waals surface area contributed by atoms with Crippen LogP contribution >= 0.6 is 0 Å². The summed E-state index contributed by atoms with van der Waals surface area (Å²) in [5.74, 6) is 8.66. The van der Waals surface area contributed by atoms with E-state index in [9.17, 15) is 0 Å². The third-order valence-electron chi connectivity index (χ3n) is 3.52. The van der Waals surface area contributed by atoms with Gasteiger partial charge in [0, 0.05) is 18.5 Å². The van der Waals surface area contributed by atoms with Crippen LogP contribution in [-0.2, 0) is 6.42 Å². The van der Waals surface area contributed by atoms with Crippen molar-refractivity contribution in [3.05, 3.63) is 11.4 Å². The molecule has 1 heterocycles. The van der Waals surface area contributed by atoms with E-state index in [-0.39, 0.29) is 0 Å². The normalized spacial score (nSPS) is 10.8. The molecule has 0 saturated carbocycles. The van der Waals surface area contributed by atoms with E-state index in [4.69, 9.17) is 5.84 Å². The second-order valence-corrected chi connectivity index (χ2v) is 4.92. The number of nitrogens with two attached hydrogens (primary N) is 1. The molecule has 19 heavy (non-hydrogen) atoms. The van der Waals surface area contributed by atoms with Gasteiger partial charge in [-0.1, -0.05) is 33.6 Å². The Balaban J connectivity index is 2.88. The lowest BCUT2D eigenvalue weighted by molar-refractivity contribution is 0.518. The zero-order chi connectivity index (χ0) is 14.3. The van der Waals surface area contributed by atoms with Gasteiger partial charge in [-0.3, -0.25) is 0 Å². The van der Waals surface area contributed by atoms with Gasteiger partial charge in [-0.2, -0.15) is 0 Å². The van der Waals surface area contributed by atoms with Gasteiger partial charge in [-0.05, 0) is 19.3 Å². The monoisotopic (exact) mass is 265 g/mol. The van der Waals surface area contributed by atoms with Gasteiger partial charge in [0.15, 0.2) is 0 Å². The quantitative estimate of drug-likeness (QED) is 0.498. The zero-order valence-corrected chi connectivity index (χ0v) is 12.6. The Morgan fingerprint density at radius 3 is 2.26 bits per heavy atom. The average molecular weight is 265 g/mol. The topological polar surface area (TPSA) is 75.9 Å². The van der Waals surface area contributed by atoms with Crippen LogP contribution in [0, 0.1) is 12.8 Å². The molecule has 5 heteroatoms. The molecule has 5 nitrogen and oxygen atoms in total. The first-order valence-electron chi connectivity index (χ1n) is 7.24. The maximum Gasteiger partial charge on any atom is 0.148 e. The van der Waals surface area contributed by atoms with Gasteiger partial charge in [0.05, 0.1) is 0 Å². The fourth-order valence-electron chi connectivity index (χ4n) is 2.03. The summed E-state index contributed by atoms with van der Waals surface area (Å²) in [5.41, 5.74) is 3.64. The molecule has 0 amide bonds. The van der Waals surface area contributed by atoms with E-state index >= 15 is 0 Å². The van der Waals surface area contributed by atoms with Crippen molar-refractivity contribution in [2.45, 2.75) is 53.4 Å². The van der Waals surface area contributed by atoms with Crippen molar-refractivity contribution in [3.8, 4) is 0 Å². The van der Waals surface area contributed by atoms with Gasteiger partial charge >= 0.3 is 0 Å². The van der Waals surface area contributed by atoms with Crippen LogP contribution in [0.3, 0.4) is 0 Å². The summed E-state index contributed by atoms with van der Waals surface area (Å²) in [5, 5.41) is 3.44. The van der Waals surface area contributed by atoms with Gasteiger partial charge in [0.1, 0.15) is 17.5 Å². The summed E-state index contributed by atoms with van der Waals surface area (Å²) >= 11 is 0. The number of hydrazine groups is 1. The number of hydrogen-bond donors (Lipinski definition) is 3. The van der Waals surface area contributed by atoms with Gasteiger partial charge in [0.2, 0.25) is 0 Å². The van der Waals surface area contributed by atoms with Crippen LogP contribution in [0.25, 0.3) is 0 Å². The standard InChI is InChI=1S/C14H27N5/c1-5-8-12-17-13(10(4)14(18-12)19-15)16-9-11(6-2)7-3/h11H,5-9,15H2,1-4H3,(H2,16,17,18,19). The third-order valence-corrected chi connectivity index (χ3v) is 3.52. The third kappa shape index (κ3) is 4.35. The van der Waals surface area contributed by atoms with E-state index in [0.29, 0.717) is 11.7 Å². The van der Waals surface area contributed by atoms with Crippen LogP contribution in [0.1, 0.15) is 51.4 Å². The predicted octanol–water partition coefficient (Wildman–Crippen LogP) is 2.87. The summed E-state index contributed by atoms with van der Waals surface area (Å²) in [7, 11) is 0. The van der Waals surface area contributed by atoms with Crippen molar-refractivity contribution in [1.29, 1.82) is 0 Å². The van der Waals surface area contributed by atoms with E-state index in [1.54, 1.807) is 0 Å². The number of rotatable bonds is 8. The minimum atomic E-state index is 0.679. The summed E-state index contributed by atoms with van der Waals surface area (Å²) in [6.45, 7) is 9.49. The number of nitrogens with one attached hydrogen (secondary N) is 2. The lowest BCUT2D eigenvalue weighted by Crippen LogP contribution is -2.18. The maximum absolute atomic E-state index is 5.52. The number of aryl methyl sites for hydroxylation is 1. The second kappa shape index (κ2) is 7.94. The predicted molar refractivity (Wildman–Crippen MR) is 81.1 cm³/mol. The van der Waals surface area contributed by atoms with Crippen molar-refractivity contribution in [2.24, 2.45) is 11.8 Å². The number of anilines is 2. The summed E-state index contributed by atoms with van der Waals surface area (Å²) in [6.07, 6.45) is 4.25. The Hall–Kier alpha value is -1.36. The molecule has 0 spiro atoms. The highest BCUT2D eigenvalue weighted by atomic mass is 15.3. The van der Waals surface area contributed by atoms with E-state index in [0.717, 1.165) is 36.6 Å². The highest BCUT2D eigenvalue weighted by Gasteiger charge is 2.11. The molecule has 108 valence electrons. The summed E-state index contributed by atoms with van der Waals surface area (Å²) in [4.78, 5) is 9.01. The fraction of sp³-hybridized carbons (Fsp3) is 0.714. The van der Waals surface area contributed by atoms with Crippen molar-refractivity contribution in [1.82, 2.24) is 9.97 Å². The number of nitrogens with zero attached hydrogens (tertiary/aromatic N) is 2. The first-order chi connectivity index (χ1) is 9.15. The molecule has 1 aromatic rings. The van der Waals surface area contributed by atoms with Crippen LogP contribution in [0.15, 0.2) is 0 Å². The molecule has 1 rings (SSSR count). The smallest absolute Gasteiger partial charge is 0.148 e. The molecule has 0 saturated heterocycles. The number of aromatic nitrogens is 2. The Labute approximate surface area is 116 Å². The Morgan fingerprint density at radius 2 is 1.74 bits per heavy atom. The first kappa shape index (κ1) is 15.7. The molecule has 1 aromatic heterocycles. The molecule has 0 radical (unpaired) electrons. The van der Waals surface area contributed by atoms with Gasteiger partial charge in [-0.15, -0.1) is 0 Å². The molecule has 4 N–H and O–H groups in total. The molecular weight excluding hydrogens is 238 g/mol. The average Bonchev–Trinajstić information content (AvgIpc) is 2.43. The van der Waals surface area contributed by atoms with Crippen LogP contribution in [0.4, 0.5) is 11.6 Å². The Bertz CT molecular complexity index is 388. The van der Waals surface area contributed by atoms with Gasteiger partial charge in [-0.25, -0.2) is 15.8 Å². The van der Waals surface area contributed by atoms with Crippen LogP contribution in [-0.4, -0.2) is 16.5 Å². The fourth-order valence-corrected chi connectivity index (χ4v) is 2.03. The van der Waals surface area contributed by atoms with Crippen molar-refractivity contribution < 1.29 is 0 Å². The molecule has 0 unspecified atom stereocenters. The molecule has 0 aliphatic carbocycles. The molecule has 0 bridgehead atoms. The van der Waals surface area contributed by atoms with Crippen molar-refractivity contribution in [3.63, 3.8) is 0 Å². The van der Waals surface area contributed by atoms with Crippen molar-refractivity contribution >= 4 is 11.6 Å². The van der Waals surface area contributed by atoms with E-state index < -0.39 is 0 Å². The highest BCUT2D eigenvalue weighted by Crippen LogP contribution is 2.20. The van der Waals surface area contributed by atoms with E-state index in [2.05, 4.69) is 41.5 Å². The number of nitrogen functional groups attached to an aromatic ring is 1. The van der Waals surface area contributed by atoms with E-state index in [1.165, 1.54) is 12.8 Å². The molecule has 0 aromatic carbocycles. The Morgan fingerprint density at radius 1 is 1.11 bits per heavy atom. The lowest BCUT2D eigenvalue weighted by atomic mass is 10.0. The van der Waals surface area contributed by atoms with Gasteiger partial charge in [0.25, 0.3) is 0 Å². The van der Waals surface area contributed by atoms with Gasteiger partial charge < -0.3 is 10.7 Å². The second-order valence-electron chi connectivity index (χ2n) is 4.92. The molecule has 0 aliphatic rings. The largest absolute Gasteiger partial charge is 0.369 e. The van der Waals surface area contributed by atoms with E-state index in [1.807, 2.05) is 6.92 Å². The molecule has 0 atom stereocenters. The van der Waals surface area contributed by atoms with Crippen LogP contribution in [0.5, 0.6) is 0 Å². The zero-order valence-electron chi connectivity index (χ0n) is 12.6. The highest BCUT2D eigenvalue weighted by molar-refractivity contribution is 5.56. The minimum Gasteiger partial charge on any atom is -0.369 e. The van der Waals surface area contributed by atoms with Crippen LogP contribution in [0.2, 0.25) is 0 Å².